The maximum Gasteiger partial charge on any atom is 0.227 e. The number of carbonyl (C=O) groups is 1. The monoisotopic (exact) mass is 249 g/mol. The highest BCUT2D eigenvalue weighted by Crippen LogP contribution is 2.09. The average molecular weight is 249 g/mol. The zero-order valence-electron chi connectivity index (χ0n) is 11.7. The highest BCUT2D eigenvalue weighted by atomic mass is 16.3. The van der Waals surface area contributed by atoms with Crippen LogP contribution in [0.4, 0.5) is 0 Å². The zero-order chi connectivity index (χ0) is 13.8. The molecule has 0 bridgehead atoms. The SMILES string of the molecule is CCN(CC(C)(C)O)C(=O)Cc1ccc(C)cc1. The van der Waals surface area contributed by atoms with Gasteiger partial charge in [0.2, 0.25) is 5.91 Å². The Kier molecular flexibility index (Phi) is 4.91. The fourth-order valence-electron chi connectivity index (χ4n) is 1.84. The van der Waals surface area contributed by atoms with E-state index in [2.05, 4.69) is 0 Å². The Morgan fingerprint density at radius 1 is 1.28 bits per heavy atom. The molecular weight excluding hydrogens is 226 g/mol. The maximum atomic E-state index is 12.1. The Morgan fingerprint density at radius 3 is 2.28 bits per heavy atom. The van der Waals surface area contributed by atoms with Crippen LogP contribution in [0.5, 0.6) is 0 Å². The van der Waals surface area contributed by atoms with Gasteiger partial charge in [0.1, 0.15) is 0 Å². The van der Waals surface area contributed by atoms with Gasteiger partial charge in [-0.3, -0.25) is 4.79 Å². The van der Waals surface area contributed by atoms with Gasteiger partial charge in [-0.2, -0.15) is 0 Å². The van der Waals surface area contributed by atoms with Crippen LogP contribution in [0.1, 0.15) is 31.9 Å². The van der Waals surface area contributed by atoms with E-state index >= 15 is 0 Å². The second-order valence-corrected chi connectivity index (χ2v) is 5.38. The number of aliphatic hydroxyl groups is 1. The van der Waals surface area contributed by atoms with Crippen LogP contribution in [-0.4, -0.2) is 34.6 Å². The molecule has 0 aliphatic carbocycles. The van der Waals surface area contributed by atoms with Crippen LogP contribution >= 0.6 is 0 Å². The lowest BCUT2D eigenvalue weighted by molar-refractivity contribution is -0.133. The Balaban J connectivity index is 2.65. The summed E-state index contributed by atoms with van der Waals surface area (Å²) in [4.78, 5) is 13.8. The van der Waals surface area contributed by atoms with Crippen LogP contribution in [0.15, 0.2) is 24.3 Å². The molecule has 1 aromatic carbocycles. The summed E-state index contributed by atoms with van der Waals surface area (Å²) in [7, 11) is 0. The molecule has 0 unspecified atom stereocenters. The molecule has 0 saturated heterocycles. The molecule has 1 N–H and O–H groups in total. The lowest BCUT2D eigenvalue weighted by Gasteiger charge is -2.28. The number of benzene rings is 1. The van der Waals surface area contributed by atoms with E-state index in [-0.39, 0.29) is 5.91 Å². The standard InChI is InChI=1S/C15H23NO2/c1-5-16(11-15(3,4)18)14(17)10-13-8-6-12(2)7-9-13/h6-9,18H,5,10-11H2,1-4H3. The van der Waals surface area contributed by atoms with Crippen molar-refractivity contribution in [3.63, 3.8) is 0 Å². The fourth-order valence-corrected chi connectivity index (χ4v) is 1.84. The van der Waals surface area contributed by atoms with E-state index in [1.807, 2.05) is 38.1 Å². The minimum absolute atomic E-state index is 0.0588. The van der Waals surface area contributed by atoms with Crippen molar-refractivity contribution in [2.24, 2.45) is 0 Å². The molecule has 18 heavy (non-hydrogen) atoms. The minimum Gasteiger partial charge on any atom is -0.389 e. The van der Waals surface area contributed by atoms with E-state index in [9.17, 15) is 9.90 Å². The van der Waals surface area contributed by atoms with Crippen molar-refractivity contribution in [2.45, 2.75) is 39.7 Å². The molecule has 3 nitrogen and oxygen atoms in total. The summed E-state index contributed by atoms with van der Waals surface area (Å²) in [5, 5.41) is 9.78. The molecule has 0 spiro atoms. The van der Waals surface area contributed by atoms with E-state index < -0.39 is 5.60 Å². The molecule has 0 radical (unpaired) electrons. The van der Waals surface area contributed by atoms with Crippen LogP contribution in [0.2, 0.25) is 0 Å². The van der Waals surface area contributed by atoms with Crippen LogP contribution in [0.3, 0.4) is 0 Å². The molecule has 3 heteroatoms. The summed E-state index contributed by atoms with van der Waals surface area (Å²) in [6.07, 6.45) is 0.393. The van der Waals surface area contributed by atoms with Gasteiger partial charge >= 0.3 is 0 Å². The maximum absolute atomic E-state index is 12.1. The topological polar surface area (TPSA) is 40.5 Å². The van der Waals surface area contributed by atoms with Crippen LogP contribution in [-0.2, 0) is 11.2 Å². The summed E-state index contributed by atoms with van der Waals surface area (Å²) in [5.41, 5.74) is 1.36. The molecule has 0 aliphatic heterocycles. The first-order valence-corrected chi connectivity index (χ1v) is 6.37. The lowest BCUT2D eigenvalue weighted by atomic mass is 10.1. The third kappa shape index (κ3) is 4.88. The number of rotatable bonds is 5. The predicted molar refractivity (Wildman–Crippen MR) is 73.4 cm³/mol. The first-order valence-electron chi connectivity index (χ1n) is 6.37. The van der Waals surface area contributed by atoms with Crippen molar-refractivity contribution in [2.75, 3.05) is 13.1 Å². The average Bonchev–Trinajstić information content (AvgIpc) is 2.27. The van der Waals surface area contributed by atoms with Gasteiger partial charge in [-0.1, -0.05) is 29.8 Å². The number of nitrogens with zero attached hydrogens (tertiary/aromatic N) is 1. The van der Waals surface area contributed by atoms with E-state index in [0.717, 1.165) is 5.56 Å². The number of aryl methyl sites for hydroxylation is 1. The number of hydrogen-bond acceptors (Lipinski definition) is 2. The number of likely N-dealkylation sites (N-methyl/N-ethyl adjacent to an activating group) is 1. The molecule has 100 valence electrons. The Labute approximate surface area is 109 Å². The van der Waals surface area contributed by atoms with Gasteiger partial charge in [0.25, 0.3) is 0 Å². The summed E-state index contributed by atoms with van der Waals surface area (Å²) in [6.45, 7) is 8.38. The molecule has 1 aromatic rings. The van der Waals surface area contributed by atoms with Crippen LogP contribution in [0, 0.1) is 6.92 Å². The van der Waals surface area contributed by atoms with Gasteiger partial charge in [-0.15, -0.1) is 0 Å². The first kappa shape index (κ1) is 14.7. The van der Waals surface area contributed by atoms with E-state index in [1.165, 1.54) is 5.56 Å². The summed E-state index contributed by atoms with van der Waals surface area (Å²) in [5.74, 6) is 0.0588. The van der Waals surface area contributed by atoms with E-state index in [1.54, 1.807) is 18.7 Å². The van der Waals surface area contributed by atoms with E-state index in [0.29, 0.717) is 19.5 Å². The number of carbonyl (C=O) groups excluding carboxylic acids is 1. The van der Waals surface area contributed by atoms with Crippen molar-refractivity contribution in [1.82, 2.24) is 4.90 Å². The minimum atomic E-state index is -0.848. The normalized spacial score (nSPS) is 11.4. The number of hydrogen-bond donors (Lipinski definition) is 1. The first-order chi connectivity index (χ1) is 8.31. The van der Waals surface area contributed by atoms with Crippen molar-refractivity contribution in [3.8, 4) is 0 Å². The van der Waals surface area contributed by atoms with Crippen molar-refractivity contribution in [3.05, 3.63) is 35.4 Å². The largest absolute Gasteiger partial charge is 0.389 e. The lowest BCUT2D eigenvalue weighted by Crippen LogP contribution is -2.42. The molecular formula is C15H23NO2. The quantitative estimate of drug-likeness (QED) is 0.868. The van der Waals surface area contributed by atoms with Gasteiger partial charge in [0.05, 0.1) is 12.0 Å². The smallest absolute Gasteiger partial charge is 0.227 e. The molecule has 0 fully saturated rings. The summed E-state index contributed by atoms with van der Waals surface area (Å²) >= 11 is 0. The molecule has 0 atom stereocenters. The Morgan fingerprint density at radius 2 is 1.83 bits per heavy atom. The molecule has 0 heterocycles. The van der Waals surface area contributed by atoms with Gasteiger partial charge in [-0.25, -0.2) is 0 Å². The fraction of sp³-hybridized carbons (Fsp3) is 0.533. The van der Waals surface area contributed by atoms with Crippen molar-refractivity contribution < 1.29 is 9.90 Å². The van der Waals surface area contributed by atoms with Crippen LogP contribution < -0.4 is 0 Å². The highest BCUT2D eigenvalue weighted by Gasteiger charge is 2.21. The third-order valence-electron chi connectivity index (χ3n) is 2.79. The summed E-state index contributed by atoms with van der Waals surface area (Å²) < 4.78 is 0. The van der Waals surface area contributed by atoms with Crippen molar-refractivity contribution >= 4 is 5.91 Å². The van der Waals surface area contributed by atoms with Gasteiger partial charge < -0.3 is 10.0 Å². The molecule has 0 aromatic heterocycles. The Hall–Kier alpha value is -1.35. The van der Waals surface area contributed by atoms with Gasteiger partial charge in [0.15, 0.2) is 0 Å². The van der Waals surface area contributed by atoms with Gasteiger partial charge in [-0.05, 0) is 33.3 Å². The van der Waals surface area contributed by atoms with Crippen LogP contribution in [0.25, 0.3) is 0 Å². The third-order valence-corrected chi connectivity index (χ3v) is 2.79. The van der Waals surface area contributed by atoms with Gasteiger partial charge in [0, 0.05) is 13.1 Å². The predicted octanol–water partition coefficient (Wildman–Crippen LogP) is 2.16. The van der Waals surface area contributed by atoms with E-state index in [4.69, 9.17) is 0 Å². The molecule has 1 amide bonds. The highest BCUT2D eigenvalue weighted by molar-refractivity contribution is 5.78. The molecule has 0 aliphatic rings. The molecule has 1 rings (SSSR count). The Bertz CT molecular complexity index is 390. The summed E-state index contributed by atoms with van der Waals surface area (Å²) in [6, 6.07) is 7.97. The van der Waals surface area contributed by atoms with Crippen molar-refractivity contribution in [1.29, 1.82) is 0 Å². The zero-order valence-corrected chi connectivity index (χ0v) is 11.7. The second kappa shape index (κ2) is 6.01. The second-order valence-electron chi connectivity index (χ2n) is 5.38. The molecule has 0 saturated carbocycles. The number of amides is 1.